The van der Waals surface area contributed by atoms with Crippen molar-refractivity contribution < 1.29 is 14.1 Å². The van der Waals surface area contributed by atoms with Crippen molar-refractivity contribution in [2.75, 3.05) is 17.7 Å². The molecule has 2 rings (SSSR count). The molecule has 20 heavy (non-hydrogen) atoms. The fraction of sp³-hybridized carbons (Fsp3) is 0.167. The number of hydrogen-bond donors (Lipinski definition) is 2. The predicted molar refractivity (Wildman–Crippen MR) is 71.8 cm³/mol. The standard InChI is InChI=1S/C12H12N4O4/c1-7-6-20-12(14-7)15-11(17)8-3-4-10(16(18)19)9(5-8)13-2/h3-6,13H,1-2H3,(H,14,15,17). The van der Waals surface area contributed by atoms with Crippen molar-refractivity contribution in [1.82, 2.24) is 4.98 Å². The summed E-state index contributed by atoms with van der Waals surface area (Å²) in [5, 5.41) is 15.9. The molecule has 0 aliphatic rings. The van der Waals surface area contributed by atoms with Crippen molar-refractivity contribution in [3.8, 4) is 0 Å². The zero-order valence-electron chi connectivity index (χ0n) is 10.8. The molecule has 1 heterocycles. The van der Waals surface area contributed by atoms with Crippen molar-refractivity contribution in [3.05, 3.63) is 45.8 Å². The molecule has 8 nitrogen and oxygen atoms in total. The number of anilines is 2. The first-order valence-corrected chi connectivity index (χ1v) is 5.71. The summed E-state index contributed by atoms with van der Waals surface area (Å²) in [6.07, 6.45) is 1.41. The molecule has 1 aromatic heterocycles. The Balaban J connectivity index is 2.24. The molecule has 0 fully saturated rings. The van der Waals surface area contributed by atoms with Gasteiger partial charge in [0.05, 0.1) is 10.6 Å². The summed E-state index contributed by atoms with van der Waals surface area (Å²) in [5.74, 6) is -0.460. The smallest absolute Gasteiger partial charge is 0.301 e. The first kappa shape index (κ1) is 13.5. The minimum Gasteiger partial charge on any atom is -0.432 e. The molecule has 0 bridgehead atoms. The Bertz CT molecular complexity index is 665. The third-order valence-corrected chi connectivity index (χ3v) is 2.56. The number of nitrogens with zero attached hydrogens (tertiary/aromatic N) is 2. The summed E-state index contributed by atoms with van der Waals surface area (Å²) >= 11 is 0. The lowest BCUT2D eigenvalue weighted by atomic mass is 10.1. The lowest BCUT2D eigenvalue weighted by molar-refractivity contribution is -0.383. The van der Waals surface area contributed by atoms with E-state index >= 15 is 0 Å². The Labute approximate surface area is 114 Å². The second kappa shape index (κ2) is 5.39. The number of aromatic nitrogens is 1. The van der Waals surface area contributed by atoms with E-state index in [0.717, 1.165) is 0 Å². The molecule has 1 aromatic carbocycles. The van der Waals surface area contributed by atoms with Crippen molar-refractivity contribution in [2.45, 2.75) is 6.92 Å². The first-order valence-electron chi connectivity index (χ1n) is 5.71. The highest BCUT2D eigenvalue weighted by atomic mass is 16.6. The highest BCUT2D eigenvalue weighted by molar-refractivity contribution is 6.04. The highest BCUT2D eigenvalue weighted by Crippen LogP contribution is 2.25. The van der Waals surface area contributed by atoms with E-state index < -0.39 is 10.8 Å². The van der Waals surface area contributed by atoms with E-state index in [4.69, 9.17) is 4.42 Å². The largest absolute Gasteiger partial charge is 0.432 e. The van der Waals surface area contributed by atoms with Crippen LogP contribution in [-0.4, -0.2) is 22.9 Å². The molecule has 1 amide bonds. The van der Waals surface area contributed by atoms with Gasteiger partial charge >= 0.3 is 6.01 Å². The number of nitrogens with one attached hydrogen (secondary N) is 2. The molecule has 0 atom stereocenters. The maximum absolute atomic E-state index is 12.0. The monoisotopic (exact) mass is 276 g/mol. The van der Waals surface area contributed by atoms with Crippen LogP contribution in [0.2, 0.25) is 0 Å². The zero-order valence-corrected chi connectivity index (χ0v) is 10.8. The van der Waals surface area contributed by atoms with Crippen LogP contribution in [0.1, 0.15) is 16.1 Å². The molecule has 0 unspecified atom stereocenters. The summed E-state index contributed by atoms with van der Waals surface area (Å²) in [7, 11) is 1.54. The van der Waals surface area contributed by atoms with Gasteiger partial charge in [-0.05, 0) is 19.1 Å². The zero-order chi connectivity index (χ0) is 14.7. The summed E-state index contributed by atoms with van der Waals surface area (Å²) in [6, 6.07) is 4.10. The Kier molecular flexibility index (Phi) is 3.65. The number of rotatable bonds is 4. The lowest BCUT2D eigenvalue weighted by Crippen LogP contribution is -2.12. The van der Waals surface area contributed by atoms with Gasteiger partial charge in [0.1, 0.15) is 12.0 Å². The molecule has 0 aliphatic carbocycles. The molecule has 8 heteroatoms. The van der Waals surface area contributed by atoms with Crippen molar-refractivity contribution in [3.63, 3.8) is 0 Å². The molecular weight excluding hydrogens is 264 g/mol. The van der Waals surface area contributed by atoms with E-state index in [-0.39, 0.29) is 23.0 Å². The van der Waals surface area contributed by atoms with Crippen molar-refractivity contribution in [2.24, 2.45) is 0 Å². The van der Waals surface area contributed by atoms with Gasteiger partial charge in [-0.15, -0.1) is 0 Å². The quantitative estimate of drug-likeness (QED) is 0.654. The van der Waals surface area contributed by atoms with E-state index in [9.17, 15) is 14.9 Å². The van der Waals surface area contributed by atoms with Crippen LogP contribution in [0.4, 0.5) is 17.4 Å². The van der Waals surface area contributed by atoms with Crippen LogP contribution >= 0.6 is 0 Å². The Hall–Kier alpha value is -2.90. The molecule has 0 aliphatic heterocycles. The summed E-state index contributed by atoms with van der Waals surface area (Å²) in [5.41, 5.74) is 1.05. The van der Waals surface area contributed by atoms with E-state index in [1.54, 1.807) is 14.0 Å². The van der Waals surface area contributed by atoms with Crippen LogP contribution in [0.15, 0.2) is 28.9 Å². The SMILES string of the molecule is CNc1cc(C(=O)Nc2nc(C)co2)ccc1[N+](=O)[O-]. The topological polar surface area (TPSA) is 110 Å². The average Bonchev–Trinajstić information content (AvgIpc) is 2.83. The van der Waals surface area contributed by atoms with Gasteiger partial charge in [0.25, 0.3) is 11.6 Å². The molecule has 0 saturated carbocycles. The van der Waals surface area contributed by atoms with Crippen LogP contribution in [0.25, 0.3) is 0 Å². The van der Waals surface area contributed by atoms with Gasteiger partial charge in [0.2, 0.25) is 0 Å². The van der Waals surface area contributed by atoms with Crippen LogP contribution in [-0.2, 0) is 0 Å². The first-order chi connectivity index (χ1) is 9.51. The van der Waals surface area contributed by atoms with Gasteiger partial charge in [0, 0.05) is 18.7 Å². The lowest BCUT2D eigenvalue weighted by Gasteiger charge is -2.05. The summed E-state index contributed by atoms with van der Waals surface area (Å²) in [6.45, 7) is 1.73. The summed E-state index contributed by atoms with van der Waals surface area (Å²) < 4.78 is 5.01. The van der Waals surface area contributed by atoms with Crippen LogP contribution in [0.3, 0.4) is 0 Å². The van der Waals surface area contributed by atoms with E-state index in [1.165, 1.54) is 24.5 Å². The van der Waals surface area contributed by atoms with E-state index in [2.05, 4.69) is 15.6 Å². The second-order valence-corrected chi connectivity index (χ2v) is 3.99. The average molecular weight is 276 g/mol. The number of amides is 1. The number of aryl methyl sites for hydroxylation is 1. The van der Waals surface area contributed by atoms with Gasteiger partial charge in [-0.2, -0.15) is 4.98 Å². The van der Waals surface area contributed by atoms with Gasteiger partial charge in [0.15, 0.2) is 0 Å². The molecule has 0 radical (unpaired) electrons. The van der Waals surface area contributed by atoms with Crippen LogP contribution in [0, 0.1) is 17.0 Å². The molecule has 2 aromatic rings. The number of carbonyl (C=O) groups is 1. The number of nitro benzene ring substituents is 1. The molecule has 0 saturated heterocycles. The number of carbonyl (C=O) groups excluding carboxylic acids is 1. The minimum absolute atomic E-state index is 0.0804. The van der Waals surface area contributed by atoms with Crippen molar-refractivity contribution >= 4 is 23.3 Å². The predicted octanol–water partition coefficient (Wildman–Crippen LogP) is 2.19. The molecule has 2 N–H and O–H groups in total. The maximum atomic E-state index is 12.0. The Morgan fingerprint density at radius 2 is 2.20 bits per heavy atom. The Morgan fingerprint density at radius 1 is 1.45 bits per heavy atom. The Morgan fingerprint density at radius 3 is 2.75 bits per heavy atom. The molecule has 104 valence electrons. The number of oxazole rings is 1. The second-order valence-electron chi connectivity index (χ2n) is 3.99. The van der Waals surface area contributed by atoms with Gasteiger partial charge in [-0.1, -0.05) is 0 Å². The fourth-order valence-corrected chi connectivity index (χ4v) is 1.62. The van der Waals surface area contributed by atoms with Crippen LogP contribution < -0.4 is 10.6 Å². The van der Waals surface area contributed by atoms with Gasteiger partial charge < -0.3 is 9.73 Å². The molecular formula is C12H12N4O4. The van der Waals surface area contributed by atoms with E-state index in [0.29, 0.717) is 5.69 Å². The highest BCUT2D eigenvalue weighted by Gasteiger charge is 2.16. The number of hydrogen-bond acceptors (Lipinski definition) is 6. The normalized spacial score (nSPS) is 10.1. The molecule has 0 spiro atoms. The van der Waals surface area contributed by atoms with E-state index in [1.807, 2.05) is 0 Å². The number of nitro groups is 1. The van der Waals surface area contributed by atoms with Crippen LogP contribution in [0.5, 0.6) is 0 Å². The maximum Gasteiger partial charge on any atom is 0.301 e. The fourth-order valence-electron chi connectivity index (χ4n) is 1.62. The van der Waals surface area contributed by atoms with Gasteiger partial charge in [-0.25, -0.2) is 0 Å². The van der Waals surface area contributed by atoms with Crippen molar-refractivity contribution in [1.29, 1.82) is 0 Å². The third-order valence-electron chi connectivity index (χ3n) is 2.56. The number of benzene rings is 1. The minimum atomic E-state index is -0.523. The van der Waals surface area contributed by atoms with Gasteiger partial charge in [-0.3, -0.25) is 20.2 Å². The summed E-state index contributed by atoms with van der Waals surface area (Å²) in [4.78, 5) is 26.2. The third kappa shape index (κ3) is 2.74.